The molecule has 104 valence electrons. The van der Waals surface area contributed by atoms with Crippen molar-refractivity contribution in [2.75, 3.05) is 0 Å². The highest BCUT2D eigenvalue weighted by Crippen LogP contribution is 2.44. The van der Waals surface area contributed by atoms with Crippen LogP contribution in [0.4, 0.5) is 0 Å². The first-order valence-corrected chi connectivity index (χ1v) is 8.35. The Hall–Kier alpha value is -0.780. The Labute approximate surface area is 121 Å². The maximum Gasteiger partial charge on any atom is 0.262 e. The largest absolute Gasteiger partial charge is 0.349 e. The molecule has 1 saturated carbocycles. The van der Waals surface area contributed by atoms with Crippen LogP contribution in [-0.2, 0) is 9.05 Å². The molecule has 1 aromatic carbocycles. The molecule has 7 heteroatoms. The average molecular weight is 322 g/mol. The van der Waals surface area contributed by atoms with Crippen molar-refractivity contribution in [2.24, 2.45) is 5.41 Å². The van der Waals surface area contributed by atoms with E-state index in [0.29, 0.717) is 0 Å². The zero-order valence-electron chi connectivity index (χ0n) is 10.4. The van der Waals surface area contributed by atoms with E-state index in [1.807, 2.05) is 0 Å². The van der Waals surface area contributed by atoms with Gasteiger partial charge in [-0.3, -0.25) is 4.79 Å². The van der Waals surface area contributed by atoms with Crippen LogP contribution in [0.5, 0.6) is 0 Å². The number of rotatable bonds is 3. The Morgan fingerprint density at radius 2 is 2.00 bits per heavy atom. The molecular weight excluding hydrogens is 309 g/mol. The third-order valence-electron chi connectivity index (χ3n) is 3.27. The van der Waals surface area contributed by atoms with E-state index >= 15 is 0 Å². The smallest absolute Gasteiger partial charge is 0.262 e. The summed E-state index contributed by atoms with van der Waals surface area (Å²) in [4.78, 5) is 11.7. The molecule has 1 N–H and O–H groups in total. The minimum Gasteiger partial charge on any atom is -0.349 e. The second-order valence-corrected chi connectivity index (χ2v) is 8.24. The van der Waals surface area contributed by atoms with Gasteiger partial charge in [-0.2, -0.15) is 0 Å². The number of halogens is 2. The maximum absolute atomic E-state index is 12.0. The van der Waals surface area contributed by atoms with Crippen molar-refractivity contribution in [3.05, 3.63) is 28.8 Å². The van der Waals surface area contributed by atoms with Gasteiger partial charge in [-0.1, -0.05) is 25.4 Å². The van der Waals surface area contributed by atoms with Crippen molar-refractivity contribution >= 4 is 37.2 Å². The third-order valence-corrected chi connectivity index (χ3v) is 5.08. The van der Waals surface area contributed by atoms with E-state index in [-0.39, 0.29) is 32.8 Å². The van der Waals surface area contributed by atoms with Crippen LogP contribution in [0.1, 0.15) is 30.6 Å². The fourth-order valence-electron chi connectivity index (χ4n) is 1.79. The number of carbonyl (C=O) groups is 1. The number of carbonyl (C=O) groups excluding carboxylic acids is 1. The minimum atomic E-state index is -3.96. The van der Waals surface area contributed by atoms with Crippen LogP contribution in [0.15, 0.2) is 23.1 Å². The zero-order chi connectivity index (χ0) is 14.4. The van der Waals surface area contributed by atoms with Crippen molar-refractivity contribution in [1.29, 1.82) is 0 Å². The molecule has 0 bridgehead atoms. The van der Waals surface area contributed by atoms with Gasteiger partial charge in [0.15, 0.2) is 0 Å². The van der Waals surface area contributed by atoms with Crippen LogP contribution in [-0.4, -0.2) is 20.4 Å². The van der Waals surface area contributed by atoms with E-state index in [1.165, 1.54) is 18.2 Å². The topological polar surface area (TPSA) is 63.2 Å². The molecule has 1 fully saturated rings. The van der Waals surface area contributed by atoms with Crippen molar-refractivity contribution in [3.8, 4) is 0 Å². The SMILES string of the molecule is CC1(C)CC1NC(=O)c1ccc(Cl)c(S(=O)(=O)Cl)c1. The Morgan fingerprint density at radius 1 is 1.42 bits per heavy atom. The minimum absolute atomic E-state index is 0.00157. The van der Waals surface area contributed by atoms with E-state index in [0.717, 1.165) is 6.42 Å². The predicted molar refractivity (Wildman–Crippen MR) is 74.1 cm³/mol. The molecule has 1 amide bonds. The molecule has 1 unspecified atom stereocenters. The number of hydrogen-bond acceptors (Lipinski definition) is 3. The lowest BCUT2D eigenvalue weighted by atomic mass is 10.1. The van der Waals surface area contributed by atoms with Crippen molar-refractivity contribution in [3.63, 3.8) is 0 Å². The van der Waals surface area contributed by atoms with Gasteiger partial charge in [0.25, 0.3) is 15.0 Å². The number of nitrogens with one attached hydrogen (secondary N) is 1. The van der Waals surface area contributed by atoms with E-state index in [2.05, 4.69) is 19.2 Å². The fraction of sp³-hybridized carbons (Fsp3) is 0.417. The zero-order valence-corrected chi connectivity index (χ0v) is 12.7. The van der Waals surface area contributed by atoms with Crippen LogP contribution < -0.4 is 5.32 Å². The first-order valence-electron chi connectivity index (χ1n) is 5.66. The molecule has 1 aliphatic carbocycles. The van der Waals surface area contributed by atoms with Gasteiger partial charge in [0.1, 0.15) is 4.90 Å². The normalized spacial score (nSPS) is 20.9. The maximum atomic E-state index is 12.0. The molecule has 0 saturated heterocycles. The van der Waals surface area contributed by atoms with Gasteiger partial charge in [-0.05, 0) is 30.0 Å². The summed E-state index contributed by atoms with van der Waals surface area (Å²) < 4.78 is 22.6. The molecule has 0 radical (unpaired) electrons. The summed E-state index contributed by atoms with van der Waals surface area (Å²) in [5.74, 6) is -0.325. The number of amides is 1. The molecule has 0 aromatic heterocycles. The summed E-state index contributed by atoms with van der Waals surface area (Å²) in [5, 5.41) is 2.84. The standard InChI is InChI=1S/C12H13Cl2NO3S/c1-12(2)6-10(12)15-11(16)7-3-4-8(13)9(5-7)19(14,17)18/h3-5,10H,6H2,1-2H3,(H,15,16). The quantitative estimate of drug-likeness (QED) is 0.871. The lowest BCUT2D eigenvalue weighted by Gasteiger charge is -2.08. The Bertz CT molecular complexity index is 640. The second-order valence-electron chi connectivity index (χ2n) is 5.30. The molecule has 0 heterocycles. The van der Waals surface area contributed by atoms with Gasteiger partial charge in [0.2, 0.25) is 0 Å². The van der Waals surface area contributed by atoms with Crippen molar-refractivity contribution in [1.82, 2.24) is 5.32 Å². The summed E-state index contributed by atoms with van der Waals surface area (Å²) in [6.45, 7) is 4.10. The lowest BCUT2D eigenvalue weighted by molar-refractivity contribution is 0.0946. The van der Waals surface area contributed by atoms with Gasteiger partial charge in [-0.25, -0.2) is 8.42 Å². The Balaban J connectivity index is 2.24. The molecule has 2 rings (SSSR count). The van der Waals surface area contributed by atoms with Gasteiger partial charge < -0.3 is 5.32 Å². The number of benzene rings is 1. The molecule has 1 aliphatic rings. The summed E-state index contributed by atoms with van der Waals surface area (Å²) in [5.41, 5.74) is 0.329. The van der Waals surface area contributed by atoms with Crippen LogP contribution in [0.2, 0.25) is 5.02 Å². The van der Waals surface area contributed by atoms with Gasteiger partial charge in [0.05, 0.1) is 5.02 Å². The lowest BCUT2D eigenvalue weighted by Crippen LogP contribution is -2.28. The highest BCUT2D eigenvalue weighted by atomic mass is 35.7. The highest BCUT2D eigenvalue weighted by molar-refractivity contribution is 8.13. The van der Waals surface area contributed by atoms with Crippen LogP contribution in [0.25, 0.3) is 0 Å². The summed E-state index contributed by atoms with van der Waals surface area (Å²) in [7, 11) is 1.30. The summed E-state index contributed by atoms with van der Waals surface area (Å²) in [6.07, 6.45) is 0.910. The van der Waals surface area contributed by atoms with Crippen molar-refractivity contribution < 1.29 is 13.2 Å². The molecule has 19 heavy (non-hydrogen) atoms. The van der Waals surface area contributed by atoms with Crippen LogP contribution in [0, 0.1) is 5.41 Å². The van der Waals surface area contributed by atoms with Gasteiger partial charge in [0, 0.05) is 22.3 Å². The summed E-state index contributed by atoms with van der Waals surface area (Å²) >= 11 is 5.75. The highest BCUT2D eigenvalue weighted by Gasteiger charge is 2.46. The first kappa shape index (κ1) is 14.6. The van der Waals surface area contributed by atoms with Gasteiger partial charge >= 0.3 is 0 Å². The first-order chi connectivity index (χ1) is 8.61. The molecule has 0 spiro atoms. The number of hydrogen-bond donors (Lipinski definition) is 1. The third kappa shape index (κ3) is 3.22. The van der Waals surface area contributed by atoms with Crippen molar-refractivity contribution in [2.45, 2.75) is 31.2 Å². The van der Waals surface area contributed by atoms with Crippen LogP contribution in [0.3, 0.4) is 0 Å². The predicted octanol–water partition coefficient (Wildman–Crippen LogP) is 2.80. The molecule has 0 aliphatic heterocycles. The second kappa shape index (κ2) is 4.65. The van der Waals surface area contributed by atoms with E-state index in [9.17, 15) is 13.2 Å². The van der Waals surface area contributed by atoms with E-state index in [1.54, 1.807) is 0 Å². The monoisotopic (exact) mass is 321 g/mol. The fourth-order valence-corrected chi connectivity index (χ4v) is 3.28. The molecular formula is C12H13Cl2NO3S. The Kier molecular flexibility index (Phi) is 3.58. The molecule has 4 nitrogen and oxygen atoms in total. The van der Waals surface area contributed by atoms with E-state index < -0.39 is 9.05 Å². The average Bonchev–Trinajstić information content (AvgIpc) is 2.84. The Morgan fingerprint density at radius 3 is 2.47 bits per heavy atom. The van der Waals surface area contributed by atoms with Crippen LogP contribution >= 0.6 is 22.3 Å². The van der Waals surface area contributed by atoms with Gasteiger partial charge in [-0.15, -0.1) is 0 Å². The summed E-state index contributed by atoms with van der Waals surface area (Å²) in [6, 6.07) is 4.13. The molecule has 1 aromatic rings. The molecule has 1 atom stereocenters. The van der Waals surface area contributed by atoms with E-state index in [4.69, 9.17) is 22.3 Å².